The molecule has 16 heavy (non-hydrogen) atoms. The van der Waals surface area contributed by atoms with Crippen LogP contribution in [0, 0.1) is 10.8 Å². The lowest BCUT2D eigenvalue weighted by Gasteiger charge is -2.35. The molecular weight excluding hydrogens is 202 g/mol. The molecule has 1 aliphatic heterocycles. The van der Waals surface area contributed by atoms with Crippen molar-refractivity contribution in [3.8, 4) is 0 Å². The van der Waals surface area contributed by atoms with Crippen LogP contribution in [0.15, 0.2) is 0 Å². The van der Waals surface area contributed by atoms with E-state index >= 15 is 0 Å². The van der Waals surface area contributed by atoms with Gasteiger partial charge in [0.15, 0.2) is 0 Å². The molecule has 0 aromatic carbocycles. The SMILES string of the molecule is CC(C)(C)CCN1C(=O)CC(C)(C)CC1=O. The van der Waals surface area contributed by atoms with Gasteiger partial charge >= 0.3 is 0 Å². The van der Waals surface area contributed by atoms with Crippen LogP contribution in [0.1, 0.15) is 53.9 Å². The normalized spacial score (nSPS) is 21.4. The summed E-state index contributed by atoms with van der Waals surface area (Å²) in [6.45, 7) is 10.9. The van der Waals surface area contributed by atoms with Crippen LogP contribution in [0.3, 0.4) is 0 Å². The first-order chi connectivity index (χ1) is 7.11. The van der Waals surface area contributed by atoms with E-state index in [1.807, 2.05) is 13.8 Å². The Labute approximate surface area is 98.2 Å². The number of nitrogens with zero attached hydrogens (tertiary/aromatic N) is 1. The second kappa shape index (κ2) is 4.19. The Hall–Kier alpha value is -0.860. The summed E-state index contributed by atoms with van der Waals surface area (Å²) in [4.78, 5) is 25.1. The second-order valence-electron chi connectivity index (χ2n) is 6.77. The molecule has 0 aliphatic carbocycles. The zero-order valence-electron chi connectivity index (χ0n) is 11.1. The average molecular weight is 225 g/mol. The molecule has 0 aromatic heterocycles. The smallest absolute Gasteiger partial charge is 0.229 e. The summed E-state index contributed by atoms with van der Waals surface area (Å²) < 4.78 is 0. The number of rotatable bonds is 2. The average Bonchev–Trinajstić information content (AvgIpc) is 1.96. The van der Waals surface area contributed by atoms with Gasteiger partial charge in [-0.1, -0.05) is 34.6 Å². The summed E-state index contributed by atoms with van der Waals surface area (Å²) in [6.07, 6.45) is 1.84. The van der Waals surface area contributed by atoms with Crippen LogP contribution in [-0.4, -0.2) is 23.3 Å². The number of likely N-dealkylation sites (tertiary alicyclic amines) is 1. The maximum absolute atomic E-state index is 11.8. The van der Waals surface area contributed by atoms with Gasteiger partial charge in [0, 0.05) is 19.4 Å². The molecule has 0 aromatic rings. The van der Waals surface area contributed by atoms with Crippen molar-refractivity contribution in [2.24, 2.45) is 10.8 Å². The van der Waals surface area contributed by atoms with Gasteiger partial charge in [0.2, 0.25) is 11.8 Å². The predicted molar refractivity (Wildman–Crippen MR) is 63.8 cm³/mol. The maximum atomic E-state index is 11.8. The van der Waals surface area contributed by atoms with E-state index in [2.05, 4.69) is 20.8 Å². The molecule has 1 aliphatic rings. The summed E-state index contributed by atoms with van der Waals surface area (Å²) in [7, 11) is 0. The molecule has 0 radical (unpaired) electrons. The number of imide groups is 1. The van der Waals surface area contributed by atoms with Crippen LogP contribution in [0.25, 0.3) is 0 Å². The van der Waals surface area contributed by atoms with E-state index in [9.17, 15) is 9.59 Å². The zero-order valence-corrected chi connectivity index (χ0v) is 11.1. The molecule has 3 nitrogen and oxygen atoms in total. The summed E-state index contributed by atoms with van der Waals surface area (Å²) in [5.74, 6) is -0.0176. The molecule has 0 spiro atoms. The van der Waals surface area contributed by atoms with E-state index in [-0.39, 0.29) is 22.6 Å². The number of hydrogen-bond acceptors (Lipinski definition) is 2. The fourth-order valence-electron chi connectivity index (χ4n) is 1.91. The third-order valence-corrected chi connectivity index (χ3v) is 2.95. The number of hydrogen-bond donors (Lipinski definition) is 0. The van der Waals surface area contributed by atoms with Gasteiger partial charge < -0.3 is 0 Å². The standard InChI is InChI=1S/C13H23NO2/c1-12(2,3)6-7-14-10(15)8-13(4,5)9-11(14)16/h6-9H2,1-5H3. The fraction of sp³-hybridized carbons (Fsp3) is 0.846. The molecule has 92 valence electrons. The maximum Gasteiger partial charge on any atom is 0.229 e. The van der Waals surface area contributed by atoms with E-state index in [4.69, 9.17) is 0 Å². The summed E-state index contributed by atoms with van der Waals surface area (Å²) in [5, 5.41) is 0. The zero-order chi connectivity index (χ0) is 12.6. The monoisotopic (exact) mass is 225 g/mol. The molecule has 2 amide bonds. The lowest BCUT2D eigenvalue weighted by atomic mass is 9.81. The van der Waals surface area contributed by atoms with Crippen molar-refractivity contribution in [1.29, 1.82) is 0 Å². The molecule has 3 heteroatoms. The van der Waals surface area contributed by atoms with Gasteiger partial charge in [-0.2, -0.15) is 0 Å². The summed E-state index contributed by atoms with van der Waals surface area (Å²) in [5.41, 5.74) is -0.0000752. The van der Waals surface area contributed by atoms with E-state index in [0.29, 0.717) is 19.4 Å². The molecular formula is C13H23NO2. The fourth-order valence-corrected chi connectivity index (χ4v) is 1.91. The van der Waals surface area contributed by atoms with Gasteiger partial charge in [-0.3, -0.25) is 14.5 Å². The Morgan fingerprint density at radius 3 is 1.94 bits per heavy atom. The van der Waals surface area contributed by atoms with Crippen molar-refractivity contribution in [3.63, 3.8) is 0 Å². The van der Waals surface area contributed by atoms with Crippen molar-refractivity contribution >= 4 is 11.8 Å². The van der Waals surface area contributed by atoms with Gasteiger partial charge in [0.25, 0.3) is 0 Å². The van der Waals surface area contributed by atoms with E-state index in [1.165, 1.54) is 4.90 Å². The van der Waals surface area contributed by atoms with Gasteiger partial charge in [-0.25, -0.2) is 0 Å². The van der Waals surface area contributed by atoms with Crippen molar-refractivity contribution < 1.29 is 9.59 Å². The minimum Gasteiger partial charge on any atom is -0.283 e. The molecule has 0 bridgehead atoms. The van der Waals surface area contributed by atoms with Crippen molar-refractivity contribution in [2.45, 2.75) is 53.9 Å². The van der Waals surface area contributed by atoms with Crippen LogP contribution >= 0.6 is 0 Å². The lowest BCUT2D eigenvalue weighted by molar-refractivity contribution is -0.152. The predicted octanol–water partition coefficient (Wildman–Crippen LogP) is 2.60. The van der Waals surface area contributed by atoms with E-state index < -0.39 is 0 Å². The number of carbonyl (C=O) groups is 2. The third kappa shape index (κ3) is 3.62. The Bertz CT molecular complexity index is 280. The molecule has 0 atom stereocenters. The Morgan fingerprint density at radius 2 is 1.56 bits per heavy atom. The topological polar surface area (TPSA) is 37.4 Å². The minimum absolute atomic E-state index is 0.00880. The van der Waals surface area contributed by atoms with Crippen molar-refractivity contribution in [3.05, 3.63) is 0 Å². The largest absolute Gasteiger partial charge is 0.283 e. The highest BCUT2D eigenvalue weighted by Crippen LogP contribution is 2.32. The first kappa shape index (κ1) is 13.2. The van der Waals surface area contributed by atoms with Crippen LogP contribution in [0.2, 0.25) is 0 Å². The lowest BCUT2D eigenvalue weighted by Crippen LogP contribution is -2.47. The Kier molecular flexibility index (Phi) is 3.46. The molecule has 1 heterocycles. The van der Waals surface area contributed by atoms with Gasteiger partial charge in [0.05, 0.1) is 0 Å². The van der Waals surface area contributed by atoms with Gasteiger partial charge in [-0.05, 0) is 17.3 Å². The Morgan fingerprint density at radius 1 is 1.12 bits per heavy atom. The first-order valence-electron chi connectivity index (χ1n) is 5.94. The molecule has 1 rings (SSSR count). The molecule has 1 fully saturated rings. The molecule has 0 N–H and O–H groups in total. The summed E-state index contributed by atoms with van der Waals surface area (Å²) >= 11 is 0. The quantitative estimate of drug-likeness (QED) is 0.677. The highest BCUT2D eigenvalue weighted by Gasteiger charge is 2.37. The molecule has 1 saturated heterocycles. The Balaban J connectivity index is 2.62. The summed E-state index contributed by atoms with van der Waals surface area (Å²) in [6, 6.07) is 0. The second-order valence-corrected chi connectivity index (χ2v) is 6.77. The number of piperidine rings is 1. The highest BCUT2D eigenvalue weighted by molar-refractivity contribution is 5.98. The van der Waals surface area contributed by atoms with Crippen LogP contribution in [0.4, 0.5) is 0 Å². The van der Waals surface area contributed by atoms with Crippen molar-refractivity contribution in [1.82, 2.24) is 4.90 Å². The number of amides is 2. The van der Waals surface area contributed by atoms with Crippen LogP contribution < -0.4 is 0 Å². The number of carbonyl (C=O) groups excluding carboxylic acids is 2. The molecule has 0 saturated carbocycles. The minimum atomic E-state index is -0.160. The van der Waals surface area contributed by atoms with E-state index in [1.54, 1.807) is 0 Å². The van der Waals surface area contributed by atoms with Crippen molar-refractivity contribution in [2.75, 3.05) is 6.54 Å². The van der Waals surface area contributed by atoms with E-state index in [0.717, 1.165) is 6.42 Å². The first-order valence-corrected chi connectivity index (χ1v) is 5.94. The molecule has 0 unspecified atom stereocenters. The third-order valence-electron chi connectivity index (χ3n) is 2.95. The van der Waals surface area contributed by atoms with Crippen LogP contribution in [-0.2, 0) is 9.59 Å². The highest BCUT2D eigenvalue weighted by atomic mass is 16.2. The van der Waals surface area contributed by atoms with Crippen LogP contribution in [0.5, 0.6) is 0 Å². The van der Waals surface area contributed by atoms with Gasteiger partial charge in [-0.15, -0.1) is 0 Å². The van der Waals surface area contributed by atoms with Gasteiger partial charge in [0.1, 0.15) is 0 Å².